The first kappa shape index (κ1) is 23.3. The van der Waals surface area contributed by atoms with Gasteiger partial charge < -0.3 is 10.3 Å². The van der Waals surface area contributed by atoms with Crippen LogP contribution in [0.15, 0.2) is 78.3 Å². The third-order valence-electron chi connectivity index (χ3n) is 5.83. The summed E-state index contributed by atoms with van der Waals surface area (Å²) in [5, 5.41) is 6.26. The number of nitrogens with zero attached hydrogens (tertiary/aromatic N) is 1. The predicted molar refractivity (Wildman–Crippen MR) is 140 cm³/mol. The molecule has 0 saturated heterocycles. The second-order valence-corrected chi connectivity index (χ2v) is 9.26. The number of amides is 3. The Balaban J connectivity index is 1.36. The molecule has 36 heavy (non-hydrogen) atoms. The SMILES string of the molecule is CC(=O)N[C@H](Cc1c[nH]c2ccccc12)C(=O)NNC(=O)c1cc(-c2cccs2)nc2ccccc12. The number of fused-ring (bicyclic) bond motifs is 2. The Bertz CT molecular complexity index is 1580. The first-order chi connectivity index (χ1) is 17.5. The third kappa shape index (κ3) is 4.82. The molecular weight excluding hydrogens is 474 g/mol. The van der Waals surface area contributed by atoms with Crippen molar-refractivity contribution >= 4 is 50.9 Å². The molecule has 0 unspecified atom stereocenters. The van der Waals surface area contributed by atoms with Crippen molar-refractivity contribution in [3.8, 4) is 10.6 Å². The van der Waals surface area contributed by atoms with Crippen molar-refractivity contribution in [2.45, 2.75) is 19.4 Å². The Hall–Kier alpha value is -4.50. The van der Waals surface area contributed by atoms with E-state index in [1.165, 1.54) is 18.3 Å². The highest BCUT2D eigenvalue weighted by molar-refractivity contribution is 7.13. The zero-order chi connectivity index (χ0) is 25.1. The number of benzene rings is 2. The van der Waals surface area contributed by atoms with Gasteiger partial charge in [0.2, 0.25) is 5.91 Å². The molecular formula is C27H23N5O3S. The first-order valence-corrected chi connectivity index (χ1v) is 12.2. The van der Waals surface area contributed by atoms with E-state index in [9.17, 15) is 14.4 Å². The summed E-state index contributed by atoms with van der Waals surface area (Å²) >= 11 is 1.53. The maximum absolute atomic E-state index is 13.2. The Labute approximate surface area is 210 Å². The number of thiophene rings is 1. The lowest BCUT2D eigenvalue weighted by Gasteiger charge is -2.18. The van der Waals surface area contributed by atoms with E-state index in [0.29, 0.717) is 22.2 Å². The number of para-hydroxylation sites is 2. The molecule has 4 N–H and O–H groups in total. The van der Waals surface area contributed by atoms with Crippen LogP contribution in [0.3, 0.4) is 0 Å². The summed E-state index contributed by atoms with van der Waals surface area (Å²) in [7, 11) is 0. The van der Waals surface area contributed by atoms with E-state index < -0.39 is 17.9 Å². The number of nitrogens with one attached hydrogen (secondary N) is 4. The van der Waals surface area contributed by atoms with E-state index in [4.69, 9.17) is 0 Å². The van der Waals surface area contributed by atoms with Crippen LogP contribution in [0.1, 0.15) is 22.8 Å². The number of aromatic nitrogens is 2. The van der Waals surface area contributed by atoms with Crippen LogP contribution in [-0.2, 0) is 16.0 Å². The van der Waals surface area contributed by atoms with Crippen molar-refractivity contribution < 1.29 is 14.4 Å². The number of rotatable bonds is 6. The number of carbonyl (C=O) groups excluding carboxylic acids is 3. The zero-order valence-electron chi connectivity index (χ0n) is 19.4. The summed E-state index contributed by atoms with van der Waals surface area (Å²) in [6, 6.07) is 19.8. The maximum atomic E-state index is 13.2. The molecule has 0 aliphatic heterocycles. The van der Waals surface area contributed by atoms with Crippen molar-refractivity contribution in [1.82, 2.24) is 26.1 Å². The molecule has 5 rings (SSSR count). The number of H-pyrrole nitrogens is 1. The molecule has 3 aromatic heterocycles. The predicted octanol–water partition coefficient (Wildman–Crippen LogP) is 3.95. The molecule has 0 bridgehead atoms. The summed E-state index contributed by atoms with van der Waals surface area (Å²) in [6.45, 7) is 1.35. The second kappa shape index (κ2) is 10.0. The minimum atomic E-state index is -0.877. The van der Waals surface area contributed by atoms with E-state index in [1.54, 1.807) is 6.07 Å². The van der Waals surface area contributed by atoms with E-state index in [2.05, 4.69) is 26.1 Å². The Kier molecular flexibility index (Phi) is 6.46. The van der Waals surface area contributed by atoms with Crippen molar-refractivity contribution in [3.05, 3.63) is 89.4 Å². The lowest BCUT2D eigenvalue weighted by atomic mass is 10.0. The van der Waals surface area contributed by atoms with Crippen LogP contribution in [0.4, 0.5) is 0 Å². The summed E-state index contributed by atoms with van der Waals surface area (Å²) in [5.74, 6) is -1.35. The molecule has 0 aliphatic carbocycles. The summed E-state index contributed by atoms with van der Waals surface area (Å²) in [6.07, 6.45) is 2.08. The molecule has 0 spiro atoms. The van der Waals surface area contributed by atoms with E-state index in [1.807, 2.05) is 72.2 Å². The van der Waals surface area contributed by atoms with Gasteiger partial charge in [-0.25, -0.2) is 4.98 Å². The average Bonchev–Trinajstić information content (AvgIpc) is 3.57. The fourth-order valence-electron chi connectivity index (χ4n) is 4.16. The van der Waals surface area contributed by atoms with Gasteiger partial charge in [0, 0.05) is 35.8 Å². The summed E-state index contributed by atoms with van der Waals surface area (Å²) < 4.78 is 0. The maximum Gasteiger partial charge on any atom is 0.270 e. The minimum absolute atomic E-state index is 0.256. The standard InChI is InChI=1S/C27H23N5O3S/c1-16(33)29-24(13-17-15-28-21-9-4-2-7-18(17)21)27(35)32-31-26(34)20-14-23(25-11-6-12-36-25)30-22-10-5-3-8-19(20)22/h2-12,14-15,24,28H,13H2,1H3,(H,29,33)(H,31,34)(H,32,35)/t24-/m1/s1. The zero-order valence-corrected chi connectivity index (χ0v) is 20.2. The number of hydrogen-bond acceptors (Lipinski definition) is 5. The largest absolute Gasteiger partial charge is 0.361 e. The highest BCUT2D eigenvalue weighted by Crippen LogP contribution is 2.27. The molecule has 0 saturated carbocycles. The lowest BCUT2D eigenvalue weighted by Crippen LogP contribution is -2.52. The topological polar surface area (TPSA) is 116 Å². The van der Waals surface area contributed by atoms with Gasteiger partial charge in [0.25, 0.3) is 11.8 Å². The summed E-state index contributed by atoms with van der Waals surface area (Å²) in [4.78, 5) is 46.8. The molecule has 0 fully saturated rings. The van der Waals surface area contributed by atoms with Crippen molar-refractivity contribution in [3.63, 3.8) is 0 Å². The van der Waals surface area contributed by atoms with Gasteiger partial charge in [-0.15, -0.1) is 11.3 Å². The van der Waals surface area contributed by atoms with Crippen LogP contribution in [0.5, 0.6) is 0 Å². The highest BCUT2D eigenvalue weighted by Gasteiger charge is 2.23. The van der Waals surface area contributed by atoms with Gasteiger partial charge in [-0.1, -0.05) is 42.5 Å². The molecule has 2 aromatic carbocycles. The van der Waals surface area contributed by atoms with Crippen LogP contribution in [0, 0.1) is 0 Å². The van der Waals surface area contributed by atoms with Crippen LogP contribution < -0.4 is 16.2 Å². The van der Waals surface area contributed by atoms with Crippen LogP contribution in [0.2, 0.25) is 0 Å². The Morgan fingerprint density at radius 2 is 1.75 bits per heavy atom. The van der Waals surface area contributed by atoms with Gasteiger partial charge in [-0.3, -0.25) is 25.2 Å². The quantitative estimate of drug-likeness (QED) is 0.266. The van der Waals surface area contributed by atoms with Gasteiger partial charge >= 0.3 is 0 Å². The number of carbonyl (C=O) groups is 3. The highest BCUT2D eigenvalue weighted by atomic mass is 32.1. The van der Waals surface area contributed by atoms with E-state index in [0.717, 1.165) is 21.3 Å². The Morgan fingerprint density at radius 1 is 0.972 bits per heavy atom. The third-order valence-corrected chi connectivity index (χ3v) is 6.72. The van der Waals surface area contributed by atoms with Gasteiger partial charge in [-0.05, 0) is 35.2 Å². The molecule has 3 heterocycles. The molecule has 8 nitrogen and oxygen atoms in total. The molecule has 5 aromatic rings. The smallest absolute Gasteiger partial charge is 0.270 e. The van der Waals surface area contributed by atoms with Crippen molar-refractivity contribution in [2.24, 2.45) is 0 Å². The van der Waals surface area contributed by atoms with E-state index >= 15 is 0 Å². The molecule has 9 heteroatoms. The second-order valence-electron chi connectivity index (χ2n) is 8.31. The molecule has 180 valence electrons. The Morgan fingerprint density at radius 3 is 2.53 bits per heavy atom. The van der Waals surface area contributed by atoms with Gasteiger partial charge in [0.05, 0.1) is 21.7 Å². The number of aromatic amines is 1. The number of pyridine rings is 1. The normalized spacial score (nSPS) is 11.8. The molecule has 0 aliphatic rings. The molecule has 3 amide bonds. The van der Waals surface area contributed by atoms with Crippen molar-refractivity contribution in [2.75, 3.05) is 0 Å². The fourth-order valence-corrected chi connectivity index (χ4v) is 4.85. The van der Waals surface area contributed by atoms with Gasteiger partial charge in [0.15, 0.2) is 0 Å². The fraction of sp³-hybridized carbons (Fsp3) is 0.111. The summed E-state index contributed by atoms with van der Waals surface area (Å²) in [5.41, 5.74) is 8.56. The number of hydrazine groups is 1. The molecule has 0 radical (unpaired) electrons. The first-order valence-electron chi connectivity index (χ1n) is 11.4. The van der Waals surface area contributed by atoms with Crippen LogP contribution in [0.25, 0.3) is 32.4 Å². The van der Waals surface area contributed by atoms with Crippen LogP contribution >= 0.6 is 11.3 Å². The monoisotopic (exact) mass is 497 g/mol. The van der Waals surface area contributed by atoms with Crippen LogP contribution in [-0.4, -0.2) is 33.7 Å². The lowest BCUT2D eigenvalue weighted by molar-refractivity contribution is -0.128. The van der Waals surface area contributed by atoms with Gasteiger partial charge in [0.1, 0.15) is 6.04 Å². The minimum Gasteiger partial charge on any atom is -0.361 e. The van der Waals surface area contributed by atoms with Gasteiger partial charge in [-0.2, -0.15) is 0 Å². The molecule has 1 atom stereocenters. The van der Waals surface area contributed by atoms with Crippen molar-refractivity contribution in [1.29, 1.82) is 0 Å². The number of hydrogen-bond donors (Lipinski definition) is 4. The average molecular weight is 498 g/mol. The van der Waals surface area contributed by atoms with E-state index in [-0.39, 0.29) is 12.3 Å².